The van der Waals surface area contributed by atoms with Gasteiger partial charge < -0.3 is 8.83 Å². The van der Waals surface area contributed by atoms with Gasteiger partial charge in [0.15, 0.2) is 5.82 Å². The van der Waals surface area contributed by atoms with Crippen molar-refractivity contribution in [3.05, 3.63) is 188 Å². The summed E-state index contributed by atoms with van der Waals surface area (Å²) in [7, 11) is 0. The lowest BCUT2D eigenvalue weighted by Crippen LogP contribution is -1.96. The second-order valence-electron chi connectivity index (χ2n) is 14.7. The topological polar surface area (TPSA) is 65.0 Å². The van der Waals surface area contributed by atoms with Crippen LogP contribution in [0.5, 0.6) is 0 Å². The van der Waals surface area contributed by atoms with Gasteiger partial charge in [0.1, 0.15) is 22.3 Å². The lowest BCUT2D eigenvalue weighted by atomic mass is 9.95. The Bertz CT molecular complexity index is 3550. The zero-order chi connectivity index (χ0) is 38.2. The molecule has 4 aromatic heterocycles. The molecule has 0 aliphatic carbocycles. The number of pyridine rings is 1. The molecule has 58 heavy (non-hydrogen) atoms. The molecule has 4 heterocycles. The lowest BCUT2D eigenvalue weighted by Gasteiger charge is -2.11. The summed E-state index contributed by atoms with van der Waals surface area (Å²) < 4.78 is 13.0. The molecule has 0 saturated heterocycles. The van der Waals surface area contributed by atoms with Gasteiger partial charge in [-0.15, -0.1) is 0 Å². The number of aromatic nitrogens is 3. The van der Waals surface area contributed by atoms with Crippen LogP contribution in [0, 0.1) is 0 Å². The van der Waals surface area contributed by atoms with Crippen molar-refractivity contribution in [1.82, 2.24) is 15.0 Å². The third kappa shape index (κ3) is 5.07. The van der Waals surface area contributed by atoms with Crippen molar-refractivity contribution in [2.24, 2.45) is 0 Å². The minimum Gasteiger partial charge on any atom is -0.456 e. The molecule has 0 fully saturated rings. The highest BCUT2D eigenvalue weighted by Gasteiger charge is 2.20. The average molecular weight is 742 g/mol. The fourth-order valence-corrected chi connectivity index (χ4v) is 8.63. The molecule has 0 N–H and O–H groups in total. The summed E-state index contributed by atoms with van der Waals surface area (Å²) in [6, 6.07) is 64.7. The summed E-state index contributed by atoms with van der Waals surface area (Å²) in [6.45, 7) is 0. The Labute approximate surface area is 332 Å². The molecule has 0 saturated carbocycles. The van der Waals surface area contributed by atoms with E-state index >= 15 is 0 Å². The number of para-hydroxylation sites is 3. The number of hydrogen-bond acceptors (Lipinski definition) is 5. The molecule has 0 atom stereocenters. The van der Waals surface area contributed by atoms with Crippen LogP contribution in [0.1, 0.15) is 0 Å². The molecule has 0 aliphatic heterocycles. The minimum absolute atomic E-state index is 0.648. The predicted octanol–water partition coefficient (Wildman–Crippen LogP) is 14.3. The molecule has 270 valence electrons. The first-order valence-electron chi connectivity index (χ1n) is 19.4. The summed E-state index contributed by atoms with van der Waals surface area (Å²) in [6.07, 6.45) is 0. The van der Waals surface area contributed by atoms with Crippen LogP contribution < -0.4 is 0 Å². The van der Waals surface area contributed by atoms with E-state index in [2.05, 4.69) is 133 Å². The Kier molecular flexibility index (Phi) is 7.16. The van der Waals surface area contributed by atoms with Crippen molar-refractivity contribution < 1.29 is 8.83 Å². The van der Waals surface area contributed by atoms with Crippen molar-refractivity contribution in [3.8, 4) is 56.3 Å². The summed E-state index contributed by atoms with van der Waals surface area (Å²) in [4.78, 5) is 15.5. The quantitative estimate of drug-likeness (QED) is 0.164. The number of fused-ring (bicyclic) bond motifs is 10. The van der Waals surface area contributed by atoms with Crippen LogP contribution in [0.4, 0.5) is 0 Å². The molecule has 12 rings (SSSR count). The molecule has 0 spiro atoms. The Hall–Kier alpha value is -7.89. The van der Waals surface area contributed by atoms with E-state index in [-0.39, 0.29) is 0 Å². The maximum Gasteiger partial charge on any atom is 0.161 e. The normalized spacial score (nSPS) is 11.8. The Balaban J connectivity index is 1.01. The van der Waals surface area contributed by atoms with Gasteiger partial charge in [0.05, 0.1) is 22.6 Å². The van der Waals surface area contributed by atoms with Gasteiger partial charge in [0, 0.05) is 65.5 Å². The summed E-state index contributed by atoms with van der Waals surface area (Å²) in [5.41, 5.74) is 13.1. The molecule has 0 amide bonds. The fourth-order valence-electron chi connectivity index (χ4n) is 8.63. The lowest BCUT2D eigenvalue weighted by molar-refractivity contribution is 0.669. The van der Waals surface area contributed by atoms with Crippen molar-refractivity contribution >= 4 is 65.6 Å². The van der Waals surface area contributed by atoms with Gasteiger partial charge in [-0.1, -0.05) is 152 Å². The van der Waals surface area contributed by atoms with Gasteiger partial charge in [0.2, 0.25) is 0 Å². The monoisotopic (exact) mass is 741 g/mol. The second-order valence-corrected chi connectivity index (χ2v) is 14.7. The highest BCUT2D eigenvalue weighted by Crippen LogP contribution is 2.44. The smallest absolute Gasteiger partial charge is 0.161 e. The van der Waals surface area contributed by atoms with E-state index < -0.39 is 0 Å². The van der Waals surface area contributed by atoms with E-state index in [9.17, 15) is 0 Å². The number of nitrogens with zero attached hydrogens (tertiary/aromatic N) is 3. The second kappa shape index (κ2) is 12.8. The number of furan rings is 2. The van der Waals surface area contributed by atoms with E-state index in [0.29, 0.717) is 5.82 Å². The highest BCUT2D eigenvalue weighted by atomic mass is 16.3. The van der Waals surface area contributed by atoms with Crippen LogP contribution in [0.25, 0.3) is 122 Å². The largest absolute Gasteiger partial charge is 0.456 e. The van der Waals surface area contributed by atoms with Gasteiger partial charge >= 0.3 is 0 Å². The Morgan fingerprint density at radius 1 is 0.328 bits per heavy atom. The molecule has 5 heteroatoms. The molecular weight excluding hydrogens is 711 g/mol. The summed E-state index contributed by atoms with van der Waals surface area (Å²) in [5.74, 6) is 0.648. The van der Waals surface area contributed by atoms with Crippen molar-refractivity contribution in [1.29, 1.82) is 0 Å². The van der Waals surface area contributed by atoms with E-state index in [1.54, 1.807) is 0 Å². The third-order valence-electron chi connectivity index (χ3n) is 11.3. The maximum absolute atomic E-state index is 6.80. The fraction of sp³-hybridized carbons (Fsp3) is 0. The number of rotatable bonds is 5. The zero-order valence-electron chi connectivity index (χ0n) is 31.1. The van der Waals surface area contributed by atoms with Gasteiger partial charge in [-0.25, -0.2) is 15.0 Å². The van der Waals surface area contributed by atoms with Crippen LogP contribution in [0.15, 0.2) is 197 Å². The van der Waals surface area contributed by atoms with Gasteiger partial charge in [-0.3, -0.25) is 0 Å². The highest BCUT2D eigenvalue weighted by molar-refractivity contribution is 6.29. The van der Waals surface area contributed by atoms with E-state index in [1.165, 1.54) is 0 Å². The molecular formula is C53H31N3O2. The van der Waals surface area contributed by atoms with Crippen molar-refractivity contribution in [3.63, 3.8) is 0 Å². The maximum atomic E-state index is 6.80. The van der Waals surface area contributed by atoms with Crippen molar-refractivity contribution in [2.75, 3.05) is 0 Å². The first-order valence-corrected chi connectivity index (χ1v) is 19.4. The van der Waals surface area contributed by atoms with Crippen LogP contribution >= 0.6 is 0 Å². The van der Waals surface area contributed by atoms with Gasteiger partial charge in [-0.2, -0.15) is 0 Å². The third-order valence-corrected chi connectivity index (χ3v) is 11.3. The standard InChI is InChI=1S/C53H31N3O2/c1-3-13-33(14-4-1)43-31-44(56-53(55-43)41-21-12-24-46-48(41)38-18-8-10-23-45(38)57-46)34-27-25-32(26-28-34)36-19-11-20-40-50-47(58-52(36)40)30-29-39-49(50)37-17-7-9-22-42(37)54-51(39)35-15-5-2-6-16-35/h1-31H. The van der Waals surface area contributed by atoms with E-state index in [0.717, 1.165) is 116 Å². The summed E-state index contributed by atoms with van der Waals surface area (Å²) in [5, 5.41) is 7.60. The Morgan fingerprint density at radius 2 is 0.931 bits per heavy atom. The van der Waals surface area contributed by atoms with Crippen LogP contribution in [-0.2, 0) is 0 Å². The number of hydrogen-bond donors (Lipinski definition) is 0. The molecule has 0 aliphatic rings. The van der Waals surface area contributed by atoms with Gasteiger partial charge in [0.25, 0.3) is 0 Å². The molecule has 5 nitrogen and oxygen atoms in total. The molecule has 0 bridgehead atoms. The molecule has 12 aromatic rings. The summed E-state index contributed by atoms with van der Waals surface area (Å²) >= 11 is 0. The molecule has 0 radical (unpaired) electrons. The van der Waals surface area contributed by atoms with Crippen LogP contribution in [0.2, 0.25) is 0 Å². The minimum atomic E-state index is 0.648. The SMILES string of the molecule is c1ccc(-c2cc(-c3ccc(-c4cccc5c4oc4ccc6c(-c7ccccc7)nc7ccccc7c6c45)cc3)nc(-c3cccc4oc5ccccc5c34)n2)cc1. The zero-order valence-corrected chi connectivity index (χ0v) is 31.1. The van der Waals surface area contributed by atoms with Crippen LogP contribution in [-0.4, -0.2) is 15.0 Å². The molecule has 0 unspecified atom stereocenters. The van der Waals surface area contributed by atoms with Gasteiger partial charge in [-0.05, 0) is 42.0 Å². The first kappa shape index (κ1) is 32.4. The molecule has 8 aromatic carbocycles. The van der Waals surface area contributed by atoms with Crippen LogP contribution in [0.3, 0.4) is 0 Å². The first-order chi connectivity index (χ1) is 28.7. The number of benzene rings is 8. The Morgan fingerprint density at radius 3 is 1.74 bits per heavy atom. The van der Waals surface area contributed by atoms with E-state index in [4.69, 9.17) is 23.8 Å². The van der Waals surface area contributed by atoms with Crippen molar-refractivity contribution in [2.45, 2.75) is 0 Å². The van der Waals surface area contributed by atoms with E-state index in [1.807, 2.05) is 54.6 Å². The predicted molar refractivity (Wildman–Crippen MR) is 237 cm³/mol. The average Bonchev–Trinajstić information content (AvgIpc) is 3.88.